The summed E-state index contributed by atoms with van der Waals surface area (Å²) in [5, 5.41) is 0.899. The Morgan fingerprint density at radius 1 is 1.06 bits per heavy atom. The van der Waals surface area contributed by atoms with E-state index in [0.717, 1.165) is 0 Å². The van der Waals surface area contributed by atoms with Crippen molar-refractivity contribution in [2.24, 2.45) is 0 Å². The maximum absolute atomic E-state index is 14.0. The Balaban J connectivity index is 2.13. The van der Waals surface area contributed by atoms with Gasteiger partial charge in [0.15, 0.2) is 0 Å². The van der Waals surface area contributed by atoms with Crippen molar-refractivity contribution < 1.29 is 22.3 Å². The maximum Gasteiger partial charge on any atom is 0.265 e. The number of halogens is 3. The van der Waals surface area contributed by atoms with E-state index in [-0.39, 0.29) is 52.4 Å². The van der Waals surface area contributed by atoms with Crippen LogP contribution in [-0.2, 0) is 14.8 Å². The molecule has 0 radical (unpaired) electrons. The molecule has 2 N–H and O–H groups in total. The van der Waals surface area contributed by atoms with Gasteiger partial charge in [0.25, 0.3) is 10.0 Å². The van der Waals surface area contributed by atoms with Crippen molar-refractivity contribution in [2.75, 3.05) is 28.9 Å². The molecule has 0 amide bonds. The quantitative estimate of drug-likeness (QED) is 0.385. The summed E-state index contributed by atoms with van der Waals surface area (Å²) in [6.45, 7) is 2.04. The topological polar surface area (TPSA) is 98.2 Å². The van der Waals surface area contributed by atoms with E-state index in [1.54, 1.807) is 6.07 Å². The zero-order valence-corrected chi connectivity index (χ0v) is 22.4. The van der Waals surface area contributed by atoms with Gasteiger partial charge in [0.05, 0.1) is 33.3 Å². The minimum absolute atomic E-state index is 0.000492. The van der Waals surface area contributed by atoms with Gasteiger partial charge < -0.3 is 4.79 Å². The maximum atomic E-state index is 14.0. The van der Waals surface area contributed by atoms with E-state index >= 15 is 0 Å². The Kier molecular flexibility index (Phi) is 9.19. The van der Waals surface area contributed by atoms with Gasteiger partial charge in [0.1, 0.15) is 5.78 Å². The second-order valence-electron chi connectivity index (χ2n) is 8.17. The molecule has 1 atom stereocenters. The molecule has 0 spiro atoms. The number of carbonyl (C=O) groups is 1. The first-order valence-electron chi connectivity index (χ1n) is 10.6. The highest BCUT2D eigenvalue weighted by Crippen LogP contribution is 2.43. The smallest absolute Gasteiger partial charge is 0.265 e. The predicted molar refractivity (Wildman–Crippen MR) is 140 cm³/mol. The Morgan fingerprint density at radius 3 is 2.24 bits per heavy atom. The first-order chi connectivity index (χ1) is 15.9. The molecule has 1 fully saturated rings. The van der Waals surface area contributed by atoms with Gasteiger partial charge in [-0.15, -0.1) is 0 Å². The van der Waals surface area contributed by atoms with E-state index in [2.05, 4.69) is 0 Å². The fourth-order valence-corrected chi connectivity index (χ4v) is 7.33. The van der Waals surface area contributed by atoms with E-state index < -0.39 is 26.8 Å². The molecule has 34 heavy (non-hydrogen) atoms. The minimum Gasteiger partial charge on any atom is -0.300 e. The SMILES string of the molecule is CC(=O)CCCC(N1CCS(O)(O)CC1)N(c1cc(Cl)ccc1Cl)S(=O)(=O)c1ccc(Cl)cc1. The third-order valence-electron chi connectivity index (χ3n) is 5.61. The number of carbonyl (C=O) groups excluding carboxylic acids is 1. The molecular formula is C22H27Cl3N2O5S2. The molecule has 0 aliphatic carbocycles. The van der Waals surface area contributed by atoms with E-state index in [1.807, 2.05) is 4.90 Å². The van der Waals surface area contributed by atoms with Crippen molar-refractivity contribution in [2.45, 2.75) is 37.2 Å². The van der Waals surface area contributed by atoms with Gasteiger partial charge in [-0.2, -0.15) is 10.6 Å². The summed E-state index contributed by atoms with van der Waals surface area (Å²) in [6, 6.07) is 10.4. The van der Waals surface area contributed by atoms with Crippen LogP contribution in [0.4, 0.5) is 5.69 Å². The zero-order valence-electron chi connectivity index (χ0n) is 18.5. The summed E-state index contributed by atoms with van der Waals surface area (Å²) in [6.07, 6.45) is 0.329. The Bertz CT molecular complexity index is 1120. The number of hydrogen-bond acceptors (Lipinski definition) is 6. The number of sulfonamides is 1. The molecule has 1 heterocycles. The lowest BCUT2D eigenvalue weighted by molar-refractivity contribution is -0.117. The second kappa shape index (κ2) is 11.3. The Hall–Kier alpha value is -1.04. The molecule has 0 bridgehead atoms. The number of Topliss-reactive ketones (excluding diaryl/α,β-unsaturated/α-hetero) is 1. The number of nitrogens with zero attached hydrogens (tertiary/aromatic N) is 2. The van der Waals surface area contributed by atoms with Gasteiger partial charge in [-0.3, -0.25) is 14.0 Å². The lowest BCUT2D eigenvalue weighted by Crippen LogP contribution is -2.55. The summed E-state index contributed by atoms with van der Waals surface area (Å²) in [5.41, 5.74) is 0.203. The average Bonchev–Trinajstić information content (AvgIpc) is 2.75. The Morgan fingerprint density at radius 2 is 1.65 bits per heavy atom. The second-order valence-corrected chi connectivity index (χ2v) is 13.7. The van der Waals surface area contributed by atoms with Crippen LogP contribution < -0.4 is 4.31 Å². The molecule has 2 aromatic carbocycles. The standard InChI is InChI=1S/C22H27Cl3N2O5S2/c1-16(28)3-2-4-22(26-11-13-33(29,30)14-12-26)27(21-15-18(24)7-10-20(21)25)34(31,32)19-8-5-17(23)6-9-19/h5-10,15,22,29-30H,2-4,11-14H2,1H3. The molecule has 12 heteroatoms. The lowest BCUT2D eigenvalue weighted by atomic mass is 10.1. The van der Waals surface area contributed by atoms with Crippen LogP contribution in [0.2, 0.25) is 15.1 Å². The first kappa shape index (κ1) is 27.5. The lowest BCUT2D eigenvalue weighted by Gasteiger charge is -2.47. The van der Waals surface area contributed by atoms with Gasteiger partial charge in [-0.1, -0.05) is 34.8 Å². The van der Waals surface area contributed by atoms with Gasteiger partial charge in [0, 0.05) is 29.6 Å². The van der Waals surface area contributed by atoms with Crippen LogP contribution in [0.1, 0.15) is 26.2 Å². The molecule has 1 unspecified atom stereocenters. The first-order valence-corrected chi connectivity index (χ1v) is 15.1. The molecule has 0 saturated carbocycles. The number of hydrogen-bond donors (Lipinski definition) is 2. The van der Waals surface area contributed by atoms with E-state index in [9.17, 15) is 22.3 Å². The van der Waals surface area contributed by atoms with E-state index in [1.165, 1.54) is 47.6 Å². The van der Waals surface area contributed by atoms with Gasteiger partial charge in [-0.05, 0) is 62.2 Å². The van der Waals surface area contributed by atoms with E-state index in [0.29, 0.717) is 22.9 Å². The molecule has 2 aromatic rings. The number of anilines is 1. The summed E-state index contributed by atoms with van der Waals surface area (Å²) in [5.74, 6) is 0.266. The van der Waals surface area contributed by atoms with Crippen LogP contribution in [-0.4, -0.2) is 59.0 Å². The van der Waals surface area contributed by atoms with Crippen LogP contribution in [0.25, 0.3) is 0 Å². The van der Waals surface area contributed by atoms with Crippen LogP contribution in [0.15, 0.2) is 47.4 Å². The van der Waals surface area contributed by atoms with Crippen molar-refractivity contribution in [3.63, 3.8) is 0 Å². The highest BCUT2D eigenvalue weighted by atomic mass is 35.5. The monoisotopic (exact) mass is 568 g/mol. The van der Waals surface area contributed by atoms with Gasteiger partial charge >= 0.3 is 0 Å². The highest BCUT2D eigenvalue weighted by molar-refractivity contribution is 8.24. The molecule has 188 valence electrons. The third-order valence-corrected chi connectivity index (χ3v) is 9.92. The Labute approximate surface area is 217 Å². The minimum atomic E-state index is -4.15. The molecular weight excluding hydrogens is 543 g/mol. The number of benzene rings is 2. The van der Waals surface area contributed by atoms with E-state index in [4.69, 9.17) is 34.8 Å². The molecule has 1 aliphatic rings. The summed E-state index contributed by atoms with van der Waals surface area (Å²) in [4.78, 5) is 13.5. The average molecular weight is 570 g/mol. The highest BCUT2D eigenvalue weighted by Gasteiger charge is 2.38. The summed E-state index contributed by atoms with van der Waals surface area (Å²) >= 11 is 18.7. The fourth-order valence-electron chi connectivity index (χ4n) is 3.85. The molecule has 1 aliphatic heterocycles. The summed E-state index contributed by atoms with van der Waals surface area (Å²) < 4.78 is 49.5. The number of rotatable bonds is 9. The molecule has 3 rings (SSSR count). The van der Waals surface area contributed by atoms with Gasteiger partial charge in [0.2, 0.25) is 0 Å². The van der Waals surface area contributed by atoms with Crippen LogP contribution in [0.5, 0.6) is 0 Å². The van der Waals surface area contributed by atoms with Crippen molar-refractivity contribution in [3.05, 3.63) is 57.5 Å². The van der Waals surface area contributed by atoms with Crippen molar-refractivity contribution in [1.82, 2.24) is 4.90 Å². The predicted octanol–water partition coefficient (Wildman–Crippen LogP) is 5.99. The van der Waals surface area contributed by atoms with Crippen molar-refractivity contribution >= 4 is 66.9 Å². The van der Waals surface area contributed by atoms with Crippen molar-refractivity contribution in [1.29, 1.82) is 0 Å². The summed E-state index contributed by atoms with van der Waals surface area (Å²) in [7, 11) is -6.86. The molecule has 7 nitrogen and oxygen atoms in total. The van der Waals surface area contributed by atoms with Crippen molar-refractivity contribution in [3.8, 4) is 0 Å². The van der Waals surface area contributed by atoms with Crippen LogP contribution >= 0.6 is 45.4 Å². The van der Waals surface area contributed by atoms with Crippen LogP contribution in [0.3, 0.4) is 0 Å². The number of ketones is 1. The fraction of sp³-hybridized carbons (Fsp3) is 0.409. The largest absolute Gasteiger partial charge is 0.300 e. The third kappa shape index (κ3) is 6.79. The molecule has 0 aromatic heterocycles. The van der Waals surface area contributed by atoms with Crippen LogP contribution in [0, 0.1) is 0 Å². The molecule has 1 saturated heterocycles. The van der Waals surface area contributed by atoms with Gasteiger partial charge in [-0.25, -0.2) is 12.7 Å². The zero-order chi connectivity index (χ0) is 25.1. The normalized spacial score (nSPS) is 18.3.